The third kappa shape index (κ3) is 5.40. The number of anilines is 1. The van der Waals surface area contributed by atoms with Gasteiger partial charge in [-0.25, -0.2) is 9.78 Å². The van der Waals surface area contributed by atoms with E-state index in [1.165, 1.54) is 13.0 Å². The largest absolute Gasteiger partial charge is 0.433 e. The summed E-state index contributed by atoms with van der Waals surface area (Å²) >= 11 is 6.00. The number of alkyl halides is 3. The number of ether oxygens (including phenoxy) is 1. The smallest absolute Gasteiger partial charge is 0.380 e. The monoisotopic (exact) mass is 508 g/mol. The molecule has 1 saturated heterocycles. The van der Waals surface area contributed by atoms with Crippen molar-refractivity contribution in [2.75, 3.05) is 19.0 Å². The van der Waals surface area contributed by atoms with Gasteiger partial charge in [0.2, 0.25) is 0 Å². The minimum Gasteiger partial charge on any atom is -0.380 e. The molecular formula is C23H24ClF3N6O2. The number of urea groups is 1. The van der Waals surface area contributed by atoms with E-state index >= 15 is 0 Å². The molecule has 1 N–H and O–H groups in total. The molecule has 0 bridgehead atoms. The first-order valence-electron chi connectivity index (χ1n) is 10.9. The molecule has 0 spiro atoms. The van der Waals surface area contributed by atoms with E-state index in [2.05, 4.69) is 20.5 Å². The van der Waals surface area contributed by atoms with Crippen LogP contribution in [-0.2, 0) is 17.5 Å². The maximum Gasteiger partial charge on any atom is 0.433 e. The highest BCUT2D eigenvalue weighted by Crippen LogP contribution is 2.34. The van der Waals surface area contributed by atoms with Gasteiger partial charge in [0.1, 0.15) is 11.5 Å². The molecule has 1 aliphatic rings. The van der Waals surface area contributed by atoms with Crippen LogP contribution >= 0.6 is 11.6 Å². The van der Waals surface area contributed by atoms with Crippen LogP contribution in [0, 0.1) is 13.8 Å². The Labute approximate surface area is 205 Å². The Balaban J connectivity index is 1.59. The second kappa shape index (κ2) is 9.82. The fourth-order valence-corrected chi connectivity index (χ4v) is 4.21. The van der Waals surface area contributed by atoms with Gasteiger partial charge in [-0.3, -0.25) is 0 Å². The normalized spacial score (nSPS) is 18.2. The summed E-state index contributed by atoms with van der Waals surface area (Å²) < 4.78 is 46.3. The lowest BCUT2D eigenvalue weighted by molar-refractivity contribution is -0.141. The van der Waals surface area contributed by atoms with E-state index in [9.17, 15) is 18.0 Å². The molecule has 2 amide bonds. The van der Waals surface area contributed by atoms with Gasteiger partial charge in [0, 0.05) is 25.1 Å². The Morgan fingerprint density at radius 1 is 1.17 bits per heavy atom. The van der Waals surface area contributed by atoms with Crippen LogP contribution in [0.2, 0.25) is 5.02 Å². The van der Waals surface area contributed by atoms with Gasteiger partial charge in [-0.1, -0.05) is 23.7 Å². The molecule has 1 unspecified atom stereocenters. The van der Waals surface area contributed by atoms with Crippen molar-refractivity contribution >= 4 is 23.3 Å². The summed E-state index contributed by atoms with van der Waals surface area (Å²) in [5.74, 6) is 1.27. The molecule has 2 atom stereocenters. The average molecular weight is 509 g/mol. The summed E-state index contributed by atoms with van der Waals surface area (Å²) in [4.78, 5) is 18.4. The van der Waals surface area contributed by atoms with Crippen molar-refractivity contribution < 1.29 is 22.7 Å². The van der Waals surface area contributed by atoms with Crippen LogP contribution in [0.5, 0.6) is 0 Å². The van der Waals surface area contributed by atoms with Crippen molar-refractivity contribution in [2.45, 2.75) is 45.1 Å². The summed E-state index contributed by atoms with van der Waals surface area (Å²) in [6, 6.07) is 8.52. The van der Waals surface area contributed by atoms with Crippen molar-refractivity contribution in [1.29, 1.82) is 0 Å². The fourth-order valence-electron chi connectivity index (χ4n) is 4.09. The van der Waals surface area contributed by atoms with Gasteiger partial charge in [-0.05, 0) is 43.7 Å². The minimum absolute atomic E-state index is 0.0639. The Morgan fingerprint density at radius 2 is 1.89 bits per heavy atom. The highest BCUT2D eigenvalue weighted by Gasteiger charge is 2.40. The van der Waals surface area contributed by atoms with E-state index in [0.29, 0.717) is 29.6 Å². The van der Waals surface area contributed by atoms with Gasteiger partial charge in [-0.15, -0.1) is 10.2 Å². The zero-order valence-electron chi connectivity index (χ0n) is 19.3. The summed E-state index contributed by atoms with van der Waals surface area (Å²) in [5, 5.41) is 11.9. The molecule has 4 rings (SSSR count). The number of hydrogen-bond acceptors (Lipinski definition) is 5. The number of methoxy groups -OCH3 is 1. The molecule has 0 radical (unpaired) electrons. The quantitative estimate of drug-likeness (QED) is 0.524. The molecule has 3 heterocycles. The number of aryl methyl sites for hydroxylation is 2. The molecule has 12 heteroatoms. The summed E-state index contributed by atoms with van der Waals surface area (Å²) in [7, 11) is 1.57. The van der Waals surface area contributed by atoms with Gasteiger partial charge in [0.05, 0.1) is 30.1 Å². The number of rotatable bonds is 5. The summed E-state index contributed by atoms with van der Waals surface area (Å²) in [6.45, 7) is 4.01. The van der Waals surface area contributed by atoms with Crippen LogP contribution < -0.4 is 5.32 Å². The lowest BCUT2D eigenvalue weighted by atomic mass is 10.1. The summed E-state index contributed by atoms with van der Waals surface area (Å²) in [6.07, 6.45) is -4.31. The molecular weight excluding hydrogens is 485 g/mol. The molecule has 0 aliphatic carbocycles. The molecule has 186 valence electrons. The predicted molar refractivity (Wildman–Crippen MR) is 123 cm³/mol. The lowest BCUT2D eigenvalue weighted by Crippen LogP contribution is -2.37. The third-order valence-corrected chi connectivity index (χ3v) is 6.24. The lowest BCUT2D eigenvalue weighted by Gasteiger charge is -2.25. The zero-order chi connectivity index (χ0) is 25.3. The maximum absolute atomic E-state index is 13.2. The van der Waals surface area contributed by atoms with Crippen LogP contribution in [-0.4, -0.2) is 50.4 Å². The number of nitrogens with zero attached hydrogens (tertiary/aromatic N) is 5. The molecule has 8 nitrogen and oxygen atoms in total. The van der Waals surface area contributed by atoms with Gasteiger partial charge >= 0.3 is 12.2 Å². The number of halogens is 4. The molecule has 35 heavy (non-hydrogen) atoms. The average Bonchev–Trinajstić information content (AvgIpc) is 3.39. The first kappa shape index (κ1) is 24.9. The van der Waals surface area contributed by atoms with Gasteiger partial charge < -0.3 is 19.5 Å². The number of pyridine rings is 1. The number of carbonyl (C=O) groups excluding carboxylic acids is 1. The number of amides is 2. The Hall–Kier alpha value is -3.18. The van der Waals surface area contributed by atoms with Crippen LogP contribution in [0.1, 0.15) is 41.1 Å². The summed E-state index contributed by atoms with van der Waals surface area (Å²) in [5.41, 5.74) is 0.231. The van der Waals surface area contributed by atoms with Crippen molar-refractivity contribution in [3.8, 4) is 0 Å². The van der Waals surface area contributed by atoms with E-state index in [0.717, 1.165) is 11.6 Å². The van der Waals surface area contributed by atoms with E-state index < -0.39 is 23.9 Å². The van der Waals surface area contributed by atoms with E-state index in [1.807, 2.05) is 23.6 Å². The van der Waals surface area contributed by atoms with Crippen molar-refractivity contribution in [3.05, 3.63) is 70.0 Å². The molecule has 2 aromatic heterocycles. The Bertz CT molecular complexity index is 1210. The molecule has 1 aliphatic heterocycles. The SMILES string of the molecule is COC1C[C@H](c2nnc(C)n2Cc2ccc(Cl)cc2)N(C(=O)Nc2ccc(C(F)(F)F)nc2C)C1. The molecule has 3 aromatic rings. The predicted octanol–water partition coefficient (Wildman–Crippen LogP) is 5.00. The van der Waals surface area contributed by atoms with Crippen LogP contribution in [0.3, 0.4) is 0 Å². The number of carbonyl (C=O) groups is 1. The van der Waals surface area contributed by atoms with Crippen molar-refractivity contribution in [2.24, 2.45) is 0 Å². The second-order valence-corrected chi connectivity index (χ2v) is 8.77. The third-order valence-electron chi connectivity index (χ3n) is 5.99. The molecule has 1 fully saturated rings. The highest BCUT2D eigenvalue weighted by molar-refractivity contribution is 6.30. The van der Waals surface area contributed by atoms with Gasteiger partial charge in [0.15, 0.2) is 5.82 Å². The second-order valence-electron chi connectivity index (χ2n) is 8.34. The highest BCUT2D eigenvalue weighted by atomic mass is 35.5. The Morgan fingerprint density at radius 3 is 2.51 bits per heavy atom. The maximum atomic E-state index is 13.2. The Kier molecular flexibility index (Phi) is 7.00. The number of aromatic nitrogens is 4. The van der Waals surface area contributed by atoms with E-state index in [1.54, 1.807) is 24.1 Å². The zero-order valence-corrected chi connectivity index (χ0v) is 20.1. The molecule has 0 saturated carbocycles. The number of nitrogens with one attached hydrogen (secondary N) is 1. The topological polar surface area (TPSA) is 85.2 Å². The first-order chi connectivity index (χ1) is 16.6. The minimum atomic E-state index is -4.56. The fraction of sp³-hybridized carbons (Fsp3) is 0.391. The van der Waals surface area contributed by atoms with Gasteiger partial charge in [-0.2, -0.15) is 13.2 Å². The number of hydrogen-bond donors (Lipinski definition) is 1. The number of benzene rings is 1. The van der Waals surface area contributed by atoms with E-state index in [4.69, 9.17) is 16.3 Å². The van der Waals surface area contributed by atoms with E-state index in [-0.39, 0.29) is 24.0 Å². The van der Waals surface area contributed by atoms with Crippen LogP contribution in [0.15, 0.2) is 36.4 Å². The standard InChI is InChI=1S/C23H24ClF3N6O2/c1-13-18(8-9-20(28-13)23(25,26)27)29-22(34)33-12-17(35-3)10-19(33)21-31-30-14(2)32(21)11-15-4-6-16(24)7-5-15/h4-9,17,19H,10-12H2,1-3H3,(H,29,34)/t17?,19-/m1/s1. The van der Waals surface area contributed by atoms with Crippen LogP contribution in [0.25, 0.3) is 0 Å². The van der Waals surface area contributed by atoms with Crippen molar-refractivity contribution in [1.82, 2.24) is 24.6 Å². The van der Waals surface area contributed by atoms with Crippen LogP contribution in [0.4, 0.5) is 23.7 Å². The molecule has 1 aromatic carbocycles. The first-order valence-corrected chi connectivity index (χ1v) is 11.2. The van der Waals surface area contributed by atoms with Gasteiger partial charge in [0.25, 0.3) is 0 Å². The van der Waals surface area contributed by atoms with Crippen molar-refractivity contribution in [3.63, 3.8) is 0 Å². The number of likely N-dealkylation sites (tertiary alicyclic amines) is 1.